The zero-order valence-electron chi connectivity index (χ0n) is 15.5. The Morgan fingerprint density at radius 3 is 2.72 bits per heavy atom. The van der Waals surface area contributed by atoms with E-state index >= 15 is 0 Å². The molecule has 0 bridgehead atoms. The summed E-state index contributed by atoms with van der Waals surface area (Å²) in [6.45, 7) is 0. The van der Waals surface area contributed by atoms with Crippen LogP contribution in [0.25, 0.3) is 11.0 Å². The molecule has 8 nitrogen and oxygen atoms in total. The Morgan fingerprint density at radius 2 is 2.03 bits per heavy atom. The van der Waals surface area contributed by atoms with Gasteiger partial charge in [0.2, 0.25) is 11.8 Å². The standard InChI is InChI=1S/C21H20N4O4/c26-19-9-7-15(24-19)21(29)23-14-6-8-17-16(10-14)22-12-25(17)18(11-20(27)28)13-4-2-1-3-5-13/h1-6,8,10,12,15,18H,7,9,11H2,(H,23,29)(H,24,26)(H,27,28). The lowest BCUT2D eigenvalue weighted by atomic mass is 10.0. The summed E-state index contributed by atoms with van der Waals surface area (Å²) in [5.41, 5.74) is 2.86. The molecule has 3 N–H and O–H groups in total. The molecular weight excluding hydrogens is 372 g/mol. The largest absolute Gasteiger partial charge is 0.481 e. The van der Waals surface area contributed by atoms with Gasteiger partial charge >= 0.3 is 5.97 Å². The van der Waals surface area contributed by atoms with Gasteiger partial charge in [-0.15, -0.1) is 0 Å². The highest BCUT2D eigenvalue weighted by molar-refractivity contribution is 6.00. The van der Waals surface area contributed by atoms with Gasteiger partial charge < -0.3 is 20.3 Å². The van der Waals surface area contributed by atoms with E-state index in [0.717, 1.165) is 11.1 Å². The monoisotopic (exact) mass is 392 g/mol. The Hall–Kier alpha value is -3.68. The van der Waals surface area contributed by atoms with Crippen molar-refractivity contribution in [1.29, 1.82) is 0 Å². The van der Waals surface area contributed by atoms with Crippen molar-refractivity contribution in [3.05, 3.63) is 60.4 Å². The second kappa shape index (κ2) is 7.75. The number of benzene rings is 2. The van der Waals surface area contributed by atoms with Crippen molar-refractivity contribution in [3.8, 4) is 0 Å². The SMILES string of the molecule is O=C(O)CC(c1ccccc1)n1cnc2cc(NC(=O)C3CCC(=O)N3)ccc21. The minimum Gasteiger partial charge on any atom is -0.481 e. The lowest BCUT2D eigenvalue weighted by Gasteiger charge is -2.18. The second-order valence-electron chi connectivity index (χ2n) is 7.03. The molecule has 1 saturated heterocycles. The summed E-state index contributed by atoms with van der Waals surface area (Å²) in [7, 11) is 0. The van der Waals surface area contributed by atoms with Crippen LogP contribution < -0.4 is 10.6 Å². The smallest absolute Gasteiger partial charge is 0.305 e. The third kappa shape index (κ3) is 3.96. The Kier molecular flexibility index (Phi) is 4.99. The van der Waals surface area contributed by atoms with Crippen LogP contribution in [0, 0.1) is 0 Å². The van der Waals surface area contributed by atoms with Gasteiger partial charge in [0.25, 0.3) is 0 Å². The highest BCUT2D eigenvalue weighted by atomic mass is 16.4. The molecule has 2 aromatic carbocycles. The van der Waals surface area contributed by atoms with Crippen LogP contribution in [0.4, 0.5) is 5.69 Å². The molecule has 8 heteroatoms. The molecule has 2 heterocycles. The zero-order valence-corrected chi connectivity index (χ0v) is 15.5. The molecule has 3 aromatic rings. The quantitative estimate of drug-likeness (QED) is 0.596. The summed E-state index contributed by atoms with van der Waals surface area (Å²) >= 11 is 0. The van der Waals surface area contributed by atoms with Crippen molar-refractivity contribution < 1.29 is 19.5 Å². The lowest BCUT2D eigenvalue weighted by Crippen LogP contribution is -2.37. The number of carbonyl (C=O) groups is 3. The maximum Gasteiger partial charge on any atom is 0.305 e. The first-order valence-electron chi connectivity index (χ1n) is 9.35. The van der Waals surface area contributed by atoms with Crippen LogP contribution in [-0.2, 0) is 14.4 Å². The van der Waals surface area contributed by atoms with E-state index in [1.165, 1.54) is 0 Å². The fourth-order valence-electron chi connectivity index (χ4n) is 3.62. The number of aliphatic carboxylic acids is 1. The average molecular weight is 392 g/mol. The van der Waals surface area contributed by atoms with E-state index in [1.54, 1.807) is 18.5 Å². The number of anilines is 1. The van der Waals surface area contributed by atoms with Crippen LogP contribution >= 0.6 is 0 Å². The van der Waals surface area contributed by atoms with Crippen molar-refractivity contribution in [2.45, 2.75) is 31.3 Å². The third-order valence-corrected chi connectivity index (χ3v) is 5.04. The Morgan fingerprint density at radius 1 is 1.24 bits per heavy atom. The molecule has 1 aliphatic heterocycles. The van der Waals surface area contributed by atoms with Gasteiger partial charge in [-0.3, -0.25) is 14.4 Å². The lowest BCUT2D eigenvalue weighted by molar-refractivity contribution is -0.137. The van der Waals surface area contributed by atoms with E-state index in [1.807, 2.05) is 41.0 Å². The molecule has 29 heavy (non-hydrogen) atoms. The number of fused-ring (bicyclic) bond motifs is 1. The maximum absolute atomic E-state index is 12.3. The Labute approximate surface area is 166 Å². The first-order valence-corrected chi connectivity index (χ1v) is 9.35. The van der Waals surface area contributed by atoms with Gasteiger partial charge in [-0.25, -0.2) is 4.98 Å². The first-order chi connectivity index (χ1) is 14.0. The van der Waals surface area contributed by atoms with Gasteiger partial charge in [0.05, 0.1) is 29.8 Å². The summed E-state index contributed by atoms with van der Waals surface area (Å²) in [6.07, 6.45) is 2.38. The van der Waals surface area contributed by atoms with Gasteiger partial charge in [-0.1, -0.05) is 30.3 Å². The summed E-state index contributed by atoms with van der Waals surface area (Å²) in [5, 5.41) is 14.8. The maximum atomic E-state index is 12.3. The second-order valence-corrected chi connectivity index (χ2v) is 7.03. The summed E-state index contributed by atoms with van der Waals surface area (Å²) in [5.74, 6) is -1.28. The van der Waals surface area contributed by atoms with E-state index in [9.17, 15) is 19.5 Å². The molecule has 2 amide bonds. The van der Waals surface area contributed by atoms with Gasteiger partial charge in [0.15, 0.2) is 0 Å². The van der Waals surface area contributed by atoms with Crippen molar-refractivity contribution in [2.75, 3.05) is 5.32 Å². The van der Waals surface area contributed by atoms with Crippen LogP contribution in [0.2, 0.25) is 0 Å². The Bertz CT molecular complexity index is 1080. The van der Waals surface area contributed by atoms with Gasteiger partial charge in [0.1, 0.15) is 6.04 Å². The van der Waals surface area contributed by atoms with Crippen LogP contribution in [0.5, 0.6) is 0 Å². The third-order valence-electron chi connectivity index (χ3n) is 5.04. The van der Waals surface area contributed by atoms with Crippen LogP contribution in [0.15, 0.2) is 54.9 Å². The first kappa shape index (κ1) is 18.7. The summed E-state index contributed by atoms with van der Waals surface area (Å²) in [4.78, 5) is 39.4. The number of nitrogens with zero attached hydrogens (tertiary/aromatic N) is 2. The average Bonchev–Trinajstić information content (AvgIpc) is 3.33. The summed E-state index contributed by atoms with van der Waals surface area (Å²) < 4.78 is 1.83. The zero-order chi connectivity index (χ0) is 20.4. The number of rotatable bonds is 6. The fourth-order valence-corrected chi connectivity index (χ4v) is 3.62. The van der Waals surface area contributed by atoms with Gasteiger partial charge in [0, 0.05) is 12.1 Å². The molecular formula is C21H20N4O4. The fraction of sp³-hybridized carbons (Fsp3) is 0.238. The molecule has 0 saturated carbocycles. The Balaban J connectivity index is 1.61. The molecule has 4 rings (SSSR count). The van der Waals surface area contributed by atoms with E-state index < -0.39 is 18.1 Å². The topological polar surface area (TPSA) is 113 Å². The van der Waals surface area contributed by atoms with Crippen LogP contribution in [0.3, 0.4) is 0 Å². The number of carbonyl (C=O) groups excluding carboxylic acids is 2. The minimum absolute atomic E-state index is 0.0741. The molecule has 0 aliphatic carbocycles. The van der Waals surface area contributed by atoms with E-state index in [-0.39, 0.29) is 18.2 Å². The van der Waals surface area contributed by atoms with Gasteiger partial charge in [-0.2, -0.15) is 0 Å². The number of carboxylic acids is 1. The van der Waals surface area contributed by atoms with Crippen LogP contribution in [-0.4, -0.2) is 38.5 Å². The number of aromatic nitrogens is 2. The number of carboxylic acid groups (broad SMARTS) is 1. The van der Waals surface area contributed by atoms with Gasteiger partial charge in [-0.05, 0) is 30.2 Å². The highest BCUT2D eigenvalue weighted by Crippen LogP contribution is 2.28. The number of hydrogen-bond donors (Lipinski definition) is 3. The van der Waals surface area contributed by atoms with Crippen molar-refractivity contribution in [3.63, 3.8) is 0 Å². The van der Waals surface area contributed by atoms with Crippen LogP contribution in [0.1, 0.15) is 30.9 Å². The molecule has 0 radical (unpaired) electrons. The highest BCUT2D eigenvalue weighted by Gasteiger charge is 2.27. The minimum atomic E-state index is -0.900. The molecule has 1 aromatic heterocycles. The van der Waals surface area contributed by atoms with Crippen molar-refractivity contribution in [1.82, 2.24) is 14.9 Å². The number of amides is 2. The predicted molar refractivity (Wildman–Crippen MR) is 106 cm³/mol. The molecule has 148 valence electrons. The number of imidazole rings is 1. The molecule has 1 fully saturated rings. The number of hydrogen-bond acceptors (Lipinski definition) is 4. The predicted octanol–water partition coefficient (Wildman–Crippen LogP) is 2.32. The summed E-state index contributed by atoms with van der Waals surface area (Å²) in [6, 6.07) is 13.8. The normalized spacial score (nSPS) is 17.1. The molecule has 2 atom stereocenters. The number of nitrogens with one attached hydrogen (secondary N) is 2. The van der Waals surface area contributed by atoms with Crippen molar-refractivity contribution in [2.24, 2.45) is 0 Å². The molecule has 1 aliphatic rings. The van der Waals surface area contributed by atoms with E-state index in [0.29, 0.717) is 24.0 Å². The molecule has 2 unspecified atom stereocenters. The van der Waals surface area contributed by atoms with E-state index in [2.05, 4.69) is 15.6 Å². The van der Waals surface area contributed by atoms with E-state index in [4.69, 9.17) is 0 Å². The van der Waals surface area contributed by atoms with Crippen molar-refractivity contribution >= 4 is 34.5 Å². The molecule has 0 spiro atoms.